The first-order valence-corrected chi connectivity index (χ1v) is 10.1. The predicted molar refractivity (Wildman–Crippen MR) is 110 cm³/mol. The second kappa shape index (κ2) is 9.57. The fourth-order valence-electron chi connectivity index (χ4n) is 3.45. The zero-order valence-corrected chi connectivity index (χ0v) is 17.0. The highest BCUT2D eigenvalue weighted by Crippen LogP contribution is 2.24. The quantitative estimate of drug-likeness (QED) is 0.587. The lowest BCUT2D eigenvalue weighted by molar-refractivity contribution is 0.379. The van der Waals surface area contributed by atoms with E-state index in [1.807, 2.05) is 39.0 Å². The summed E-state index contributed by atoms with van der Waals surface area (Å²) in [6.45, 7) is 8.89. The summed E-state index contributed by atoms with van der Waals surface area (Å²) in [6.07, 6.45) is 2.88. The van der Waals surface area contributed by atoms with Crippen LogP contribution in [-0.2, 0) is 13.0 Å². The fourth-order valence-corrected chi connectivity index (χ4v) is 3.45. The van der Waals surface area contributed by atoms with Crippen molar-refractivity contribution in [1.29, 1.82) is 0 Å². The summed E-state index contributed by atoms with van der Waals surface area (Å²) in [7, 11) is 0. The number of hydrogen-bond acceptors (Lipinski definition) is 4. The van der Waals surface area contributed by atoms with Crippen molar-refractivity contribution < 1.29 is 8.91 Å². The molecule has 0 saturated carbocycles. The maximum atomic E-state index is 14.3. The van der Waals surface area contributed by atoms with Gasteiger partial charge in [0.25, 0.3) is 0 Å². The van der Waals surface area contributed by atoms with E-state index in [-0.39, 0.29) is 11.9 Å². The lowest BCUT2D eigenvalue weighted by atomic mass is 10.0. The van der Waals surface area contributed by atoms with Crippen molar-refractivity contribution in [2.75, 3.05) is 24.5 Å². The Hall–Kier alpha value is -2.57. The van der Waals surface area contributed by atoms with Crippen LogP contribution in [0.1, 0.15) is 43.7 Å². The Labute approximate surface area is 166 Å². The number of guanidine groups is 1. The minimum absolute atomic E-state index is 0.163. The van der Waals surface area contributed by atoms with Crippen LogP contribution in [0.3, 0.4) is 0 Å². The molecule has 1 aromatic heterocycles. The third-order valence-corrected chi connectivity index (χ3v) is 4.91. The molecule has 1 saturated heterocycles. The molecule has 1 aliphatic rings. The van der Waals surface area contributed by atoms with E-state index < -0.39 is 0 Å². The molecular weight excluding hydrogens is 357 g/mol. The summed E-state index contributed by atoms with van der Waals surface area (Å²) in [6, 6.07) is 7.42. The average molecular weight is 388 g/mol. The largest absolute Gasteiger partial charge is 0.367 e. The van der Waals surface area contributed by atoms with Gasteiger partial charge in [0, 0.05) is 31.7 Å². The van der Waals surface area contributed by atoms with Gasteiger partial charge in [-0.05, 0) is 50.8 Å². The van der Waals surface area contributed by atoms with E-state index in [9.17, 15) is 4.39 Å². The molecule has 2 N–H and O–H groups in total. The molecule has 28 heavy (non-hydrogen) atoms. The molecule has 1 atom stereocenters. The molecule has 1 unspecified atom stereocenters. The SMILES string of the molecule is CCNC(=NCc1cc(CC)no1)NC1CCCN(c2cc(C)ccc2F)C1. The Morgan fingerprint density at radius 3 is 2.96 bits per heavy atom. The van der Waals surface area contributed by atoms with Crippen LogP contribution in [-0.4, -0.2) is 36.8 Å². The van der Waals surface area contributed by atoms with Crippen LogP contribution < -0.4 is 15.5 Å². The molecule has 6 nitrogen and oxygen atoms in total. The molecule has 0 amide bonds. The maximum absolute atomic E-state index is 14.3. The molecule has 0 aliphatic carbocycles. The fraction of sp³-hybridized carbons (Fsp3) is 0.524. The molecule has 0 bridgehead atoms. The number of aryl methyl sites for hydroxylation is 2. The molecular formula is C21H30FN5O. The summed E-state index contributed by atoms with van der Waals surface area (Å²) >= 11 is 0. The molecule has 152 valence electrons. The van der Waals surface area contributed by atoms with E-state index in [0.717, 1.165) is 61.9 Å². The van der Waals surface area contributed by atoms with Crippen LogP contribution in [0.25, 0.3) is 0 Å². The lowest BCUT2D eigenvalue weighted by Gasteiger charge is -2.35. The Kier molecular flexibility index (Phi) is 6.90. The van der Waals surface area contributed by atoms with Crippen LogP contribution in [0.2, 0.25) is 0 Å². The Morgan fingerprint density at radius 2 is 2.21 bits per heavy atom. The summed E-state index contributed by atoms with van der Waals surface area (Å²) in [5, 5.41) is 10.8. The van der Waals surface area contributed by atoms with Gasteiger partial charge in [0.15, 0.2) is 11.7 Å². The van der Waals surface area contributed by atoms with E-state index in [1.165, 1.54) is 0 Å². The Bertz CT molecular complexity index is 804. The number of aromatic nitrogens is 1. The Balaban J connectivity index is 1.65. The number of nitrogens with one attached hydrogen (secondary N) is 2. The van der Waals surface area contributed by atoms with E-state index in [0.29, 0.717) is 12.2 Å². The van der Waals surface area contributed by atoms with Crippen LogP contribution in [0, 0.1) is 12.7 Å². The third kappa shape index (κ3) is 5.24. The van der Waals surface area contributed by atoms with Crippen LogP contribution in [0.5, 0.6) is 0 Å². The summed E-state index contributed by atoms with van der Waals surface area (Å²) in [4.78, 5) is 6.75. The molecule has 1 aromatic carbocycles. The topological polar surface area (TPSA) is 65.7 Å². The first kappa shape index (κ1) is 20.2. The van der Waals surface area contributed by atoms with Gasteiger partial charge in [0.1, 0.15) is 12.4 Å². The number of nitrogens with zero attached hydrogens (tertiary/aromatic N) is 3. The molecule has 1 aliphatic heterocycles. The highest BCUT2D eigenvalue weighted by molar-refractivity contribution is 5.80. The first-order chi connectivity index (χ1) is 13.6. The van der Waals surface area contributed by atoms with Gasteiger partial charge in [-0.15, -0.1) is 0 Å². The maximum Gasteiger partial charge on any atom is 0.191 e. The van der Waals surface area contributed by atoms with Gasteiger partial charge in [0.05, 0.1) is 11.4 Å². The van der Waals surface area contributed by atoms with Crippen molar-refractivity contribution in [3.05, 3.63) is 47.1 Å². The van der Waals surface area contributed by atoms with Gasteiger partial charge in [-0.3, -0.25) is 0 Å². The molecule has 3 rings (SSSR count). The molecule has 1 fully saturated rings. The molecule has 2 aromatic rings. The number of piperidine rings is 1. The number of anilines is 1. The van der Waals surface area contributed by atoms with Gasteiger partial charge in [-0.2, -0.15) is 0 Å². The smallest absolute Gasteiger partial charge is 0.191 e. The molecule has 0 spiro atoms. The minimum Gasteiger partial charge on any atom is -0.367 e. The summed E-state index contributed by atoms with van der Waals surface area (Å²) in [5.74, 6) is 1.33. The van der Waals surface area contributed by atoms with Crippen molar-refractivity contribution >= 4 is 11.6 Å². The standard InChI is InChI=1S/C21H30FN5O/c1-4-16-12-18(28-26-16)13-24-21(23-5-2)25-17-7-6-10-27(14-17)20-11-15(3)8-9-19(20)22/h8-9,11-12,17H,4-7,10,13-14H2,1-3H3,(H2,23,24,25). The third-order valence-electron chi connectivity index (χ3n) is 4.91. The van der Waals surface area contributed by atoms with Crippen LogP contribution in [0.4, 0.5) is 10.1 Å². The normalized spacial score (nSPS) is 17.6. The average Bonchev–Trinajstić information content (AvgIpc) is 3.16. The van der Waals surface area contributed by atoms with Crippen LogP contribution >= 0.6 is 0 Å². The zero-order valence-electron chi connectivity index (χ0n) is 17.0. The summed E-state index contributed by atoms with van der Waals surface area (Å²) in [5.41, 5.74) is 2.69. The van der Waals surface area contributed by atoms with Gasteiger partial charge >= 0.3 is 0 Å². The predicted octanol–water partition coefficient (Wildman–Crippen LogP) is 3.41. The van der Waals surface area contributed by atoms with Gasteiger partial charge in [-0.25, -0.2) is 9.38 Å². The number of aliphatic imine (C=N–C) groups is 1. The van der Waals surface area contributed by atoms with Gasteiger partial charge < -0.3 is 20.1 Å². The molecule has 2 heterocycles. The number of benzene rings is 1. The molecule has 0 radical (unpaired) electrons. The second-order valence-electron chi connectivity index (χ2n) is 7.22. The lowest BCUT2D eigenvalue weighted by Crippen LogP contribution is -2.51. The number of rotatable bonds is 6. The zero-order chi connectivity index (χ0) is 19.9. The van der Waals surface area contributed by atoms with Crippen LogP contribution in [0.15, 0.2) is 33.8 Å². The van der Waals surface area contributed by atoms with Gasteiger partial charge in [0.2, 0.25) is 0 Å². The van der Waals surface area contributed by atoms with E-state index in [2.05, 4.69) is 25.7 Å². The van der Waals surface area contributed by atoms with E-state index in [4.69, 9.17) is 4.52 Å². The van der Waals surface area contributed by atoms with Gasteiger partial charge in [-0.1, -0.05) is 18.1 Å². The number of hydrogen-bond donors (Lipinski definition) is 2. The molecule has 7 heteroatoms. The highest BCUT2D eigenvalue weighted by Gasteiger charge is 2.23. The first-order valence-electron chi connectivity index (χ1n) is 10.1. The van der Waals surface area contributed by atoms with E-state index >= 15 is 0 Å². The van der Waals surface area contributed by atoms with Crippen molar-refractivity contribution in [3.63, 3.8) is 0 Å². The monoisotopic (exact) mass is 387 g/mol. The van der Waals surface area contributed by atoms with E-state index in [1.54, 1.807) is 6.07 Å². The second-order valence-corrected chi connectivity index (χ2v) is 7.22. The van der Waals surface area contributed by atoms with Crippen molar-refractivity contribution in [2.24, 2.45) is 4.99 Å². The summed E-state index contributed by atoms with van der Waals surface area (Å²) < 4.78 is 19.6. The highest BCUT2D eigenvalue weighted by atomic mass is 19.1. The Morgan fingerprint density at radius 1 is 1.36 bits per heavy atom. The van der Waals surface area contributed by atoms with Crippen molar-refractivity contribution in [3.8, 4) is 0 Å². The van der Waals surface area contributed by atoms with Crippen molar-refractivity contribution in [1.82, 2.24) is 15.8 Å². The number of halogens is 1. The minimum atomic E-state index is -0.163. The van der Waals surface area contributed by atoms with Crippen molar-refractivity contribution in [2.45, 2.75) is 52.6 Å².